The zero-order chi connectivity index (χ0) is 20.5. The fraction of sp³-hybridized carbons (Fsp3) is 0.350. The summed E-state index contributed by atoms with van der Waals surface area (Å²) in [5, 5.41) is 6.32. The fourth-order valence-electron chi connectivity index (χ4n) is 2.56. The van der Waals surface area contributed by atoms with Gasteiger partial charge in [-0.1, -0.05) is 12.1 Å². The number of halogens is 3. The van der Waals surface area contributed by atoms with Crippen LogP contribution < -0.4 is 25.0 Å². The van der Waals surface area contributed by atoms with Crippen molar-refractivity contribution < 1.29 is 18.3 Å². The predicted molar refractivity (Wildman–Crippen MR) is 123 cm³/mol. The normalized spacial score (nSPS) is 10.9. The molecule has 0 aliphatic carbocycles. The van der Waals surface area contributed by atoms with Gasteiger partial charge in [-0.05, 0) is 35.9 Å². The van der Waals surface area contributed by atoms with Crippen LogP contribution in [-0.4, -0.2) is 40.8 Å². The zero-order valence-corrected chi connectivity index (χ0v) is 19.2. The Bertz CT molecular complexity index is 804. The van der Waals surface area contributed by atoms with E-state index in [9.17, 15) is 8.78 Å². The molecule has 0 radical (unpaired) electrons. The third kappa shape index (κ3) is 7.92. The standard InChI is InChI=1S/C20H26F2N4O2.HI/c1-23-20(24-12-14-6-5-7-16(10-14)26(2)3)25-13-15-11-17(27-4)8-9-18(15)28-19(21)22;/h5-11,19H,12-13H2,1-4H3,(H2,23,24,25);1H. The summed E-state index contributed by atoms with van der Waals surface area (Å²) in [6.45, 7) is -2.08. The molecular weight excluding hydrogens is 493 g/mol. The van der Waals surface area contributed by atoms with Crippen LogP contribution in [0.4, 0.5) is 14.5 Å². The summed E-state index contributed by atoms with van der Waals surface area (Å²) in [5.74, 6) is 1.19. The number of anilines is 1. The van der Waals surface area contributed by atoms with Gasteiger partial charge in [0.25, 0.3) is 0 Å². The first kappa shape index (κ1) is 24.7. The summed E-state index contributed by atoms with van der Waals surface area (Å²) < 4.78 is 35.0. The first-order chi connectivity index (χ1) is 13.4. The molecule has 2 aromatic rings. The molecule has 0 spiro atoms. The van der Waals surface area contributed by atoms with Crippen molar-refractivity contribution >= 4 is 35.6 Å². The van der Waals surface area contributed by atoms with Crippen molar-refractivity contribution in [3.05, 3.63) is 53.6 Å². The quantitative estimate of drug-likeness (QED) is 0.315. The van der Waals surface area contributed by atoms with E-state index in [0.717, 1.165) is 11.3 Å². The molecule has 0 heterocycles. The van der Waals surface area contributed by atoms with Crippen LogP contribution in [0.15, 0.2) is 47.5 Å². The third-order valence-corrected chi connectivity index (χ3v) is 4.04. The number of hydrogen-bond acceptors (Lipinski definition) is 4. The van der Waals surface area contributed by atoms with Crippen LogP contribution >= 0.6 is 24.0 Å². The largest absolute Gasteiger partial charge is 0.497 e. The minimum absolute atomic E-state index is 0. The summed E-state index contributed by atoms with van der Waals surface area (Å²) >= 11 is 0. The van der Waals surface area contributed by atoms with Gasteiger partial charge in [-0.2, -0.15) is 8.78 Å². The number of benzene rings is 2. The highest BCUT2D eigenvalue weighted by molar-refractivity contribution is 14.0. The smallest absolute Gasteiger partial charge is 0.387 e. The molecule has 2 aromatic carbocycles. The number of hydrogen-bond donors (Lipinski definition) is 2. The molecule has 0 aliphatic heterocycles. The van der Waals surface area contributed by atoms with Crippen molar-refractivity contribution in [3.8, 4) is 11.5 Å². The van der Waals surface area contributed by atoms with Crippen molar-refractivity contribution in [2.45, 2.75) is 19.7 Å². The molecular formula is C20H27F2IN4O2. The number of ether oxygens (including phenoxy) is 2. The maximum atomic E-state index is 12.6. The van der Waals surface area contributed by atoms with E-state index in [2.05, 4.69) is 26.4 Å². The molecule has 9 heteroatoms. The highest BCUT2D eigenvalue weighted by Gasteiger charge is 2.11. The highest BCUT2D eigenvalue weighted by atomic mass is 127. The fourth-order valence-corrected chi connectivity index (χ4v) is 2.56. The van der Waals surface area contributed by atoms with Crippen LogP contribution in [0.1, 0.15) is 11.1 Å². The zero-order valence-electron chi connectivity index (χ0n) is 16.9. The number of nitrogens with one attached hydrogen (secondary N) is 2. The summed E-state index contributed by atoms with van der Waals surface area (Å²) in [6, 6.07) is 12.8. The Balaban J connectivity index is 0.00000420. The summed E-state index contributed by atoms with van der Waals surface area (Å²) in [4.78, 5) is 6.20. The lowest BCUT2D eigenvalue weighted by atomic mass is 10.2. The predicted octanol–water partition coefficient (Wildman–Crippen LogP) is 3.85. The van der Waals surface area contributed by atoms with E-state index in [1.807, 2.05) is 37.2 Å². The van der Waals surface area contributed by atoms with Crippen LogP contribution in [-0.2, 0) is 13.1 Å². The average Bonchev–Trinajstić information content (AvgIpc) is 2.68. The Morgan fingerprint density at radius 3 is 2.45 bits per heavy atom. The highest BCUT2D eigenvalue weighted by Crippen LogP contribution is 2.25. The number of aliphatic imine (C=N–C) groups is 1. The van der Waals surface area contributed by atoms with Crippen molar-refractivity contribution in [2.75, 3.05) is 33.2 Å². The molecule has 0 aromatic heterocycles. The molecule has 0 saturated heterocycles. The van der Waals surface area contributed by atoms with Gasteiger partial charge in [0.05, 0.1) is 7.11 Å². The molecule has 0 unspecified atom stereocenters. The van der Waals surface area contributed by atoms with Crippen molar-refractivity contribution in [3.63, 3.8) is 0 Å². The lowest BCUT2D eigenvalue weighted by molar-refractivity contribution is -0.0504. The van der Waals surface area contributed by atoms with E-state index in [4.69, 9.17) is 4.74 Å². The molecule has 0 bridgehead atoms. The summed E-state index contributed by atoms with van der Waals surface area (Å²) in [6.07, 6.45) is 0. The van der Waals surface area contributed by atoms with Gasteiger partial charge in [-0.3, -0.25) is 4.99 Å². The second-order valence-electron chi connectivity index (χ2n) is 6.20. The van der Waals surface area contributed by atoms with Crippen molar-refractivity contribution in [1.82, 2.24) is 10.6 Å². The minimum Gasteiger partial charge on any atom is -0.497 e. The number of methoxy groups -OCH3 is 1. The second-order valence-corrected chi connectivity index (χ2v) is 6.20. The lowest BCUT2D eigenvalue weighted by Gasteiger charge is -2.16. The van der Waals surface area contributed by atoms with Crippen LogP contribution in [0.3, 0.4) is 0 Å². The van der Waals surface area contributed by atoms with E-state index in [1.54, 1.807) is 19.2 Å². The van der Waals surface area contributed by atoms with Gasteiger partial charge < -0.3 is 25.0 Å². The van der Waals surface area contributed by atoms with E-state index in [1.165, 1.54) is 13.2 Å². The van der Waals surface area contributed by atoms with E-state index < -0.39 is 6.61 Å². The molecule has 6 nitrogen and oxygen atoms in total. The Morgan fingerprint density at radius 2 is 1.83 bits per heavy atom. The topological polar surface area (TPSA) is 58.1 Å². The Labute approximate surface area is 187 Å². The lowest BCUT2D eigenvalue weighted by Crippen LogP contribution is -2.36. The van der Waals surface area contributed by atoms with Crippen LogP contribution in [0.5, 0.6) is 11.5 Å². The van der Waals surface area contributed by atoms with Gasteiger partial charge in [0.2, 0.25) is 0 Å². The van der Waals surface area contributed by atoms with Crippen LogP contribution in [0.25, 0.3) is 0 Å². The second kappa shape index (κ2) is 12.3. The number of alkyl halides is 2. The number of guanidine groups is 1. The Morgan fingerprint density at radius 1 is 1.10 bits per heavy atom. The average molecular weight is 520 g/mol. The Kier molecular flexibility index (Phi) is 10.5. The molecule has 2 rings (SSSR count). The maximum absolute atomic E-state index is 12.6. The summed E-state index contributed by atoms with van der Waals surface area (Å²) in [7, 11) is 7.14. The Hall–Kier alpha value is -2.30. The van der Waals surface area contributed by atoms with Gasteiger partial charge in [0.15, 0.2) is 5.96 Å². The van der Waals surface area contributed by atoms with Gasteiger partial charge in [0, 0.05) is 45.5 Å². The first-order valence-electron chi connectivity index (χ1n) is 8.75. The molecule has 0 atom stereocenters. The molecule has 2 N–H and O–H groups in total. The van der Waals surface area contributed by atoms with Gasteiger partial charge >= 0.3 is 6.61 Å². The maximum Gasteiger partial charge on any atom is 0.387 e. The SMILES string of the molecule is CN=C(NCc1cccc(N(C)C)c1)NCc1cc(OC)ccc1OC(F)F.I. The monoisotopic (exact) mass is 520 g/mol. The van der Waals surface area contributed by atoms with E-state index >= 15 is 0 Å². The molecule has 0 aliphatic rings. The molecule has 160 valence electrons. The van der Waals surface area contributed by atoms with E-state index in [0.29, 0.717) is 23.8 Å². The van der Waals surface area contributed by atoms with Crippen LogP contribution in [0.2, 0.25) is 0 Å². The van der Waals surface area contributed by atoms with Gasteiger partial charge in [-0.25, -0.2) is 0 Å². The van der Waals surface area contributed by atoms with E-state index in [-0.39, 0.29) is 36.3 Å². The molecule has 29 heavy (non-hydrogen) atoms. The first-order valence-corrected chi connectivity index (χ1v) is 8.75. The molecule has 0 amide bonds. The molecule has 0 saturated carbocycles. The van der Waals surface area contributed by atoms with Crippen LogP contribution in [0, 0.1) is 0 Å². The van der Waals surface area contributed by atoms with Crippen molar-refractivity contribution in [2.24, 2.45) is 4.99 Å². The van der Waals surface area contributed by atoms with Crippen molar-refractivity contribution in [1.29, 1.82) is 0 Å². The number of rotatable bonds is 8. The molecule has 0 fully saturated rings. The summed E-state index contributed by atoms with van der Waals surface area (Å²) in [5.41, 5.74) is 2.74. The van der Waals surface area contributed by atoms with Gasteiger partial charge in [0.1, 0.15) is 11.5 Å². The van der Waals surface area contributed by atoms with Gasteiger partial charge in [-0.15, -0.1) is 24.0 Å². The number of nitrogens with zero attached hydrogens (tertiary/aromatic N) is 2. The third-order valence-electron chi connectivity index (χ3n) is 4.04. The minimum atomic E-state index is -2.89.